The van der Waals surface area contributed by atoms with Crippen LogP contribution in [0.2, 0.25) is 0 Å². The highest BCUT2D eigenvalue weighted by atomic mass is 33.1. The summed E-state index contributed by atoms with van der Waals surface area (Å²) >= 11 is 0. The molecule has 0 radical (unpaired) electrons. The fourth-order valence-corrected chi connectivity index (χ4v) is 9.37. The van der Waals surface area contributed by atoms with E-state index in [0.717, 1.165) is 43.7 Å². The Kier molecular flexibility index (Phi) is 16.2. The number of pyridine rings is 2. The molecule has 0 aliphatic heterocycles. The average Bonchev–Trinajstić information content (AvgIpc) is 3.27. The molecule has 6 aromatic rings. The molecule has 13 nitrogen and oxygen atoms in total. The highest BCUT2D eigenvalue weighted by Crippen LogP contribution is 2.29. The molecule has 0 aliphatic carbocycles. The number of hydrogen-bond acceptors (Lipinski definition) is 10. The van der Waals surface area contributed by atoms with Gasteiger partial charge >= 0.3 is 18.0 Å². The molecule has 2 heterocycles. The van der Waals surface area contributed by atoms with E-state index in [1.807, 2.05) is 36.4 Å². The summed E-state index contributed by atoms with van der Waals surface area (Å²) in [5.74, 6) is -5.50. The van der Waals surface area contributed by atoms with Crippen molar-refractivity contribution in [3.63, 3.8) is 0 Å². The zero-order valence-corrected chi connectivity index (χ0v) is 35.1. The highest BCUT2D eigenvalue weighted by Gasteiger charge is 2.30. The predicted octanol–water partition coefficient (Wildman–Crippen LogP) is 7.19. The van der Waals surface area contributed by atoms with Crippen molar-refractivity contribution < 1.29 is 39.0 Å². The maximum Gasteiger partial charge on any atom is 0.326 e. The molecule has 3 amide bonds. The second kappa shape index (κ2) is 22.3. The number of carbonyl (C=O) groups excluding carboxylic acids is 4. The minimum absolute atomic E-state index is 0.00334. The predicted molar refractivity (Wildman–Crippen MR) is 242 cm³/mol. The van der Waals surface area contributed by atoms with Gasteiger partial charge in [0, 0.05) is 72.0 Å². The first-order valence-electron chi connectivity index (χ1n) is 19.9. The van der Waals surface area contributed by atoms with Crippen molar-refractivity contribution in [3.05, 3.63) is 150 Å². The lowest BCUT2D eigenvalue weighted by Crippen LogP contribution is -2.54. The lowest BCUT2D eigenvalue weighted by atomic mass is 9.88. The minimum atomic E-state index is -1.30. The Labute approximate surface area is 365 Å². The van der Waals surface area contributed by atoms with E-state index in [0.29, 0.717) is 11.3 Å². The van der Waals surface area contributed by atoms with E-state index in [1.165, 1.54) is 10.8 Å². The number of anilines is 1. The number of hydrogen-bond donors (Lipinski definition) is 5. The monoisotopic (exact) mass is 871 g/mol. The van der Waals surface area contributed by atoms with Crippen LogP contribution in [-0.4, -0.2) is 79.2 Å². The number of aromatic nitrogens is 2. The van der Waals surface area contributed by atoms with E-state index in [2.05, 4.69) is 25.9 Å². The highest BCUT2D eigenvalue weighted by molar-refractivity contribution is 8.76. The van der Waals surface area contributed by atoms with Gasteiger partial charge in [0.05, 0.1) is 17.0 Å². The Morgan fingerprint density at radius 2 is 1.18 bits per heavy atom. The van der Waals surface area contributed by atoms with Gasteiger partial charge in [0.2, 0.25) is 5.91 Å². The molecule has 6 rings (SSSR count). The van der Waals surface area contributed by atoms with Crippen LogP contribution < -0.4 is 16.0 Å². The quantitative estimate of drug-likeness (QED) is 0.0340. The molecule has 0 bridgehead atoms. The van der Waals surface area contributed by atoms with Gasteiger partial charge in [-0.2, -0.15) is 0 Å². The number of carboxylic acids is 2. The van der Waals surface area contributed by atoms with Crippen molar-refractivity contribution in [1.29, 1.82) is 0 Å². The Morgan fingerprint density at radius 1 is 0.565 bits per heavy atom. The molecule has 5 N–H and O–H groups in total. The summed E-state index contributed by atoms with van der Waals surface area (Å²) in [7, 11) is 2.35. The summed E-state index contributed by atoms with van der Waals surface area (Å²) in [5, 5.41) is 29.7. The number of amides is 3. The normalized spacial score (nSPS) is 13.0. The van der Waals surface area contributed by atoms with Crippen LogP contribution in [0.4, 0.5) is 10.5 Å². The molecular weight excluding hydrogens is 827 g/mol. The summed E-state index contributed by atoms with van der Waals surface area (Å²) < 4.78 is 0. The lowest BCUT2D eigenvalue weighted by molar-refractivity contribution is -0.144. The molecule has 4 atom stereocenters. The molecule has 0 fully saturated rings. The molecule has 0 saturated carbocycles. The Bertz CT molecular complexity index is 2350. The number of rotatable bonds is 22. The van der Waals surface area contributed by atoms with E-state index in [9.17, 15) is 39.0 Å². The van der Waals surface area contributed by atoms with Gasteiger partial charge in [0.1, 0.15) is 23.7 Å². The molecule has 4 aromatic carbocycles. The fourth-order valence-electron chi connectivity index (χ4n) is 6.86. The number of urea groups is 1. The van der Waals surface area contributed by atoms with Crippen LogP contribution in [-0.2, 0) is 43.2 Å². The largest absolute Gasteiger partial charge is 0.481 e. The number of carboxylic acid groups (broad SMARTS) is 2. The molecule has 0 saturated heterocycles. The molecule has 4 unspecified atom stereocenters. The van der Waals surface area contributed by atoms with E-state index < -0.39 is 47.8 Å². The van der Waals surface area contributed by atoms with Crippen LogP contribution in [0.1, 0.15) is 29.5 Å². The molecule has 0 spiro atoms. The number of nitrogens with one attached hydrogen (secondary N) is 3. The van der Waals surface area contributed by atoms with Crippen LogP contribution in [0, 0.1) is 11.8 Å². The van der Waals surface area contributed by atoms with Crippen molar-refractivity contribution in [2.75, 3.05) is 16.8 Å². The van der Waals surface area contributed by atoms with Crippen LogP contribution in [0.15, 0.2) is 134 Å². The Morgan fingerprint density at radius 3 is 1.82 bits per heavy atom. The van der Waals surface area contributed by atoms with E-state index in [-0.39, 0.29) is 55.2 Å². The first-order valence-corrected chi connectivity index (χ1v) is 22.4. The van der Waals surface area contributed by atoms with E-state index in [1.54, 1.807) is 97.3 Å². The second-order valence-electron chi connectivity index (χ2n) is 14.8. The van der Waals surface area contributed by atoms with Gasteiger partial charge in [0.25, 0.3) is 0 Å². The van der Waals surface area contributed by atoms with Crippen molar-refractivity contribution in [1.82, 2.24) is 20.6 Å². The van der Waals surface area contributed by atoms with Gasteiger partial charge in [-0.15, -0.1) is 0 Å². The number of fused-ring (bicyclic) bond motifs is 2. The SMILES string of the molecule is O=C(Cc1ccc2ncccc2c1)CC(CSSCC(NC(=O)Nc1ccc2ncccc2c1)C(=O)NC(Cc1ccccc1)C(=O)O)C(=O)CC(Cc1ccccc1)C(=O)O. The van der Waals surface area contributed by atoms with Crippen LogP contribution in [0.25, 0.3) is 21.8 Å². The van der Waals surface area contributed by atoms with Crippen molar-refractivity contribution in [2.24, 2.45) is 11.8 Å². The number of nitrogens with zero attached hydrogens (tertiary/aromatic N) is 2. The van der Waals surface area contributed by atoms with Gasteiger partial charge in [-0.1, -0.05) is 100 Å². The number of Topliss-reactive ketones (excluding diaryl/α,β-unsaturated/α-hetero) is 2. The van der Waals surface area contributed by atoms with Crippen molar-refractivity contribution in [3.8, 4) is 0 Å². The van der Waals surface area contributed by atoms with Crippen LogP contribution in [0.5, 0.6) is 0 Å². The molecule has 2 aromatic heterocycles. The Hall–Kier alpha value is -6.58. The molecular formula is C47H45N5O8S2. The van der Waals surface area contributed by atoms with Crippen molar-refractivity contribution in [2.45, 2.75) is 44.2 Å². The third-order valence-corrected chi connectivity index (χ3v) is 12.6. The number of carbonyl (C=O) groups is 6. The zero-order chi connectivity index (χ0) is 43.8. The van der Waals surface area contributed by atoms with Crippen LogP contribution in [0.3, 0.4) is 0 Å². The maximum atomic E-state index is 13.9. The smallest absolute Gasteiger partial charge is 0.326 e. The van der Waals surface area contributed by atoms with Crippen molar-refractivity contribution >= 4 is 84.5 Å². The van der Waals surface area contributed by atoms with E-state index >= 15 is 0 Å². The van der Waals surface area contributed by atoms with Gasteiger partial charge in [-0.3, -0.25) is 29.1 Å². The number of ketones is 2. The maximum absolute atomic E-state index is 13.9. The standard InChI is InChI=1S/C47H45N5O8S2/c53-38(23-32-15-17-39-33(22-32)13-7-19-48-39)26-36(43(54)27-35(45(56)57)21-30-9-3-1-4-10-30)28-61-62-29-42(44(55)51-41(46(58)59)24-31-11-5-2-6-12-31)52-47(60)50-37-16-18-40-34(25-37)14-8-20-49-40/h1-20,22,25,35-36,41-42H,21,23-24,26-29H2,(H,51,55)(H,56,57)(H,58,59)(H2,50,52,60). The Balaban J connectivity index is 1.15. The molecule has 318 valence electrons. The minimum Gasteiger partial charge on any atom is -0.481 e. The first-order chi connectivity index (χ1) is 30.0. The lowest BCUT2D eigenvalue weighted by Gasteiger charge is -2.22. The topological polar surface area (TPSA) is 205 Å². The first kappa shape index (κ1) is 45.0. The van der Waals surface area contributed by atoms with E-state index in [4.69, 9.17) is 0 Å². The zero-order valence-electron chi connectivity index (χ0n) is 33.5. The van der Waals surface area contributed by atoms with Gasteiger partial charge in [-0.25, -0.2) is 9.59 Å². The number of benzene rings is 4. The van der Waals surface area contributed by atoms with Gasteiger partial charge in [0.15, 0.2) is 0 Å². The molecule has 62 heavy (non-hydrogen) atoms. The second-order valence-corrected chi connectivity index (χ2v) is 17.3. The molecule has 0 aliphatic rings. The van der Waals surface area contributed by atoms with Crippen LogP contribution >= 0.6 is 21.6 Å². The number of aliphatic carboxylic acids is 2. The summed E-state index contributed by atoms with van der Waals surface area (Å²) in [5.41, 5.74) is 4.15. The third-order valence-electron chi connectivity index (χ3n) is 10.1. The molecule has 15 heteroatoms. The van der Waals surface area contributed by atoms with Gasteiger partial charge in [-0.05, 0) is 65.6 Å². The summed E-state index contributed by atoms with van der Waals surface area (Å²) in [4.78, 5) is 87.9. The fraction of sp³-hybridized carbons (Fsp3) is 0.234. The van der Waals surface area contributed by atoms with Gasteiger partial charge < -0.3 is 26.2 Å². The average molecular weight is 872 g/mol. The summed E-state index contributed by atoms with van der Waals surface area (Å²) in [6.07, 6.45) is 3.11. The summed E-state index contributed by atoms with van der Waals surface area (Å²) in [6.45, 7) is 0. The summed E-state index contributed by atoms with van der Waals surface area (Å²) in [6, 6.07) is 32.6. The third kappa shape index (κ3) is 13.5.